The maximum absolute atomic E-state index is 12.1. The molecule has 7 heteroatoms. The Morgan fingerprint density at radius 1 is 1.55 bits per heavy atom. The smallest absolute Gasteiger partial charge is 0.260 e. The summed E-state index contributed by atoms with van der Waals surface area (Å²) in [7, 11) is 0. The molecule has 0 fully saturated rings. The molecular formula is C13H12Cl2N4O. The minimum absolute atomic E-state index is 0.0404. The second kappa shape index (κ2) is 7.63. The van der Waals surface area contributed by atoms with Gasteiger partial charge in [-0.3, -0.25) is 4.79 Å². The van der Waals surface area contributed by atoms with Gasteiger partial charge in [-0.15, -0.1) is 0 Å². The quantitative estimate of drug-likeness (QED) is 0.400. The first-order valence-electron chi connectivity index (χ1n) is 5.76. The number of hydrogen-bond donors (Lipinski definition) is 1. The molecule has 0 unspecified atom stereocenters. The second-order valence-electron chi connectivity index (χ2n) is 3.76. The largest absolute Gasteiger partial charge is 0.321 e. The minimum atomic E-state index is -0.503. The van der Waals surface area contributed by atoms with E-state index in [2.05, 4.69) is 15.3 Å². The standard InChI is InChI=1S/C13H12Cl2N4O/c1-3-4-5-10(8(2)6-16)18-12(20)9-7-17-13(15)19-11(9)14/h4-5,7H,3H2,1-2H3,(H,18,20)/b5-4-,10-8-. The molecule has 1 aromatic rings. The summed E-state index contributed by atoms with van der Waals surface area (Å²) in [6, 6.07) is 1.98. The molecule has 0 aromatic carbocycles. The van der Waals surface area contributed by atoms with Crippen molar-refractivity contribution in [2.24, 2.45) is 0 Å². The average Bonchev–Trinajstić information content (AvgIpc) is 2.42. The monoisotopic (exact) mass is 310 g/mol. The van der Waals surface area contributed by atoms with Crippen molar-refractivity contribution in [1.82, 2.24) is 15.3 Å². The molecule has 0 aliphatic carbocycles. The highest BCUT2D eigenvalue weighted by molar-refractivity contribution is 6.34. The minimum Gasteiger partial charge on any atom is -0.321 e. The fraction of sp³-hybridized carbons (Fsp3) is 0.231. The first-order valence-corrected chi connectivity index (χ1v) is 6.52. The van der Waals surface area contributed by atoms with Gasteiger partial charge in [0.1, 0.15) is 5.15 Å². The molecule has 1 amide bonds. The zero-order valence-corrected chi connectivity index (χ0v) is 12.5. The highest BCUT2D eigenvalue weighted by Crippen LogP contribution is 2.15. The van der Waals surface area contributed by atoms with Crippen molar-refractivity contribution < 1.29 is 4.79 Å². The number of rotatable bonds is 4. The van der Waals surface area contributed by atoms with Gasteiger partial charge in [0.25, 0.3) is 5.91 Å². The molecule has 104 valence electrons. The lowest BCUT2D eigenvalue weighted by molar-refractivity contribution is 0.0966. The summed E-state index contributed by atoms with van der Waals surface area (Å²) < 4.78 is 0. The molecule has 0 bridgehead atoms. The zero-order chi connectivity index (χ0) is 15.1. The van der Waals surface area contributed by atoms with E-state index in [1.54, 1.807) is 13.0 Å². The lowest BCUT2D eigenvalue weighted by Gasteiger charge is -2.08. The van der Waals surface area contributed by atoms with Gasteiger partial charge in [0.2, 0.25) is 5.28 Å². The Balaban J connectivity index is 3.03. The summed E-state index contributed by atoms with van der Waals surface area (Å²) >= 11 is 11.4. The van der Waals surface area contributed by atoms with Crippen LogP contribution in [0.2, 0.25) is 10.4 Å². The number of allylic oxidation sites excluding steroid dienone is 3. The van der Waals surface area contributed by atoms with Crippen molar-refractivity contribution >= 4 is 29.1 Å². The van der Waals surface area contributed by atoms with E-state index in [4.69, 9.17) is 28.5 Å². The molecule has 1 N–H and O–H groups in total. The number of nitriles is 1. The predicted molar refractivity (Wildman–Crippen MR) is 77.3 cm³/mol. The van der Waals surface area contributed by atoms with E-state index in [0.717, 1.165) is 6.42 Å². The Hall–Kier alpha value is -1.90. The van der Waals surface area contributed by atoms with Crippen molar-refractivity contribution in [3.63, 3.8) is 0 Å². The van der Waals surface area contributed by atoms with Gasteiger partial charge in [-0.25, -0.2) is 9.97 Å². The van der Waals surface area contributed by atoms with Crippen LogP contribution in [0.25, 0.3) is 0 Å². The Morgan fingerprint density at radius 2 is 2.25 bits per heavy atom. The van der Waals surface area contributed by atoms with Crippen LogP contribution in [0.1, 0.15) is 30.6 Å². The molecule has 5 nitrogen and oxygen atoms in total. The van der Waals surface area contributed by atoms with E-state index in [1.807, 2.05) is 19.1 Å². The molecule has 20 heavy (non-hydrogen) atoms. The SMILES string of the molecule is CC/C=C\C(NC(=O)c1cnc(Cl)nc1Cl)=C(/C)C#N. The molecular weight excluding hydrogens is 299 g/mol. The number of amides is 1. The molecule has 1 aromatic heterocycles. The van der Waals surface area contributed by atoms with Crippen molar-refractivity contribution in [3.8, 4) is 6.07 Å². The van der Waals surface area contributed by atoms with Gasteiger partial charge < -0.3 is 5.32 Å². The number of nitrogens with one attached hydrogen (secondary N) is 1. The molecule has 0 spiro atoms. The summed E-state index contributed by atoms with van der Waals surface area (Å²) in [5.41, 5.74) is 0.878. The second-order valence-corrected chi connectivity index (χ2v) is 4.45. The molecule has 0 radical (unpaired) electrons. The molecule has 1 heterocycles. The van der Waals surface area contributed by atoms with E-state index in [1.165, 1.54) is 6.20 Å². The van der Waals surface area contributed by atoms with E-state index < -0.39 is 5.91 Å². The predicted octanol–water partition coefficient (Wildman–Crippen LogP) is 3.28. The lowest BCUT2D eigenvalue weighted by atomic mass is 10.2. The fourth-order valence-electron chi connectivity index (χ4n) is 1.24. The van der Waals surface area contributed by atoms with Gasteiger partial charge in [-0.1, -0.05) is 24.6 Å². The third-order valence-corrected chi connectivity index (χ3v) is 2.77. The highest BCUT2D eigenvalue weighted by atomic mass is 35.5. The molecule has 0 aliphatic rings. The summed E-state index contributed by atoms with van der Waals surface area (Å²) in [6.07, 6.45) is 5.51. The fourth-order valence-corrected chi connectivity index (χ4v) is 1.63. The van der Waals surface area contributed by atoms with Crippen molar-refractivity contribution in [2.75, 3.05) is 0 Å². The van der Waals surface area contributed by atoms with Crippen molar-refractivity contribution in [2.45, 2.75) is 20.3 Å². The maximum atomic E-state index is 12.1. The maximum Gasteiger partial charge on any atom is 0.260 e. The average molecular weight is 311 g/mol. The molecule has 0 atom stereocenters. The summed E-state index contributed by atoms with van der Waals surface area (Å²) in [5, 5.41) is 11.4. The van der Waals surface area contributed by atoms with Crippen LogP contribution < -0.4 is 5.32 Å². The highest BCUT2D eigenvalue weighted by Gasteiger charge is 2.14. The Morgan fingerprint density at radius 3 is 2.80 bits per heavy atom. The Kier molecular flexibility index (Phi) is 6.16. The van der Waals surface area contributed by atoms with E-state index >= 15 is 0 Å². The van der Waals surface area contributed by atoms with Gasteiger partial charge >= 0.3 is 0 Å². The van der Waals surface area contributed by atoms with Crippen LogP contribution in [0.5, 0.6) is 0 Å². The van der Waals surface area contributed by atoms with Gasteiger partial charge in [0, 0.05) is 11.8 Å². The Labute approximate surface area is 126 Å². The summed E-state index contributed by atoms with van der Waals surface area (Å²) in [4.78, 5) is 19.5. The number of nitrogens with zero attached hydrogens (tertiary/aromatic N) is 3. The number of hydrogen-bond acceptors (Lipinski definition) is 4. The normalized spacial score (nSPS) is 11.9. The number of carbonyl (C=O) groups is 1. The van der Waals surface area contributed by atoms with Crippen LogP contribution in [-0.2, 0) is 0 Å². The zero-order valence-electron chi connectivity index (χ0n) is 10.9. The number of aromatic nitrogens is 2. The molecule has 0 aliphatic heterocycles. The molecule has 0 saturated carbocycles. The number of halogens is 2. The van der Waals surface area contributed by atoms with Crippen molar-refractivity contribution in [1.29, 1.82) is 5.26 Å². The van der Waals surface area contributed by atoms with Gasteiger partial charge in [-0.2, -0.15) is 5.26 Å². The Bertz CT molecular complexity index is 617. The lowest BCUT2D eigenvalue weighted by Crippen LogP contribution is -2.23. The van der Waals surface area contributed by atoms with E-state index in [0.29, 0.717) is 11.3 Å². The summed E-state index contributed by atoms with van der Waals surface area (Å²) in [6.45, 7) is 3.55. The third kappa shape index (κ3) is 4.34. The van der Waals surface area contributed by atoms with Crippen LogP contribution in [0.3, 0.4) is 0 Å². The van der Waals surface area contributed by atoms with Crippen LogP contribution in [-0.4, -0.2) is 15.9 Å². The third-order valence-electron chi connectivity index (χ3n) is 2.30. The van der Waals surface area contributed by atoms with E-state index in [-0.39, 0.29) is 16.0 Å². The van der Waals surface area contributed by atoms with Crippen LogP contribution in [0.15, 0.2) is 29.6 Å². The van der Waals surface area contributed by atoms with E-state index in [9.17, 15) is 4.79 Å². The topological polar surface area (TPSA) is 78.7 Å². The van der Waals surface area contributed by atoms with Crippen LogP contribution in [0, 0.1) is 11.3 Å². The van der Waals surface area contributed by atoms with Crippen molar-refractivity contribution in [3.05, 3.63) is 45.6 Å². The van der Waals surface area contributed by atoms with Crippen LogP contribution >= 0.6 is 23.2 Å². The summed E-state index contributed by atoms with van der Waals surface area (Å²) in [5.74, 6) is -0.503. The molecule has 0 saturated heterocycles. The molecule has 1 rings (SSSR count). The van der Waals surface area contributed by atoms with Crippen LogP contribution in [0.4, 0.5) is 0 Å². The first-order chi connectivity index (χ1) is 9.49. The van der Waals surface area contributed by atoms with Gasteiger partial charge in [-0.05, 0) is 31.0 Å². The van der Waals surface area contributed by atoms with Gasteiger partial charge in [0.05, 0.1) is 17.3 Å². The van der Waals surface area contributed by atoms with Gasteiger partial charge in [0.15, 0.2) is 0 Å². The number of carbonyl (C=O) groups excluding carboxylic acids is 1. The first kappa shape index (κ1) is 16.2.